The van der Waals surface area contributed by atoms with Crippen molar-refractivity contribution in [1.82, 2.24) is 30.1 Å². The lowest BCUT2D eigenvalue weighted by molar-refractivity contribution is -0.121. The molecule has 0 fully saturated rings. The molecule has 0 saturated heterocycles. The molecule has 2 aromatic heterocycles. The maximum absolute atomic E-state index is 13.1. The minimum absolute atomic E-state index is 0.0795. The van der Waals surface area contributed by atoms with E-state index < -0.39 is 11.8 Å². The highest BCUT2D eigenvalue weighted by atomic mass is 35.5. The average molecular weight is 511 g/mol. The van der Waals surface area contributed by atoms with Crippen LogP contribution in [-0.4, -0.2) is 51.1 Å². The molecule has 0 radical (unpaired) electrons. The monoisotopic (exact) mass is 510 g/mol. The van der Waals surface area contributed by atoms with Crippen molar-refractivity contribution in [2.75, 3.05) is 14.1 Å². The number of carbonyl (C=O) groups is 3. The van der Waals surface area contributed by atoms with Crippen LogP contribution in [0.3, 0.4) is 0 Å². The van der Waals surface area contributed by atoms with E-state index in [1.165, 1.54) is 15.6 Å². The van der Waals surface area contributed by atoms with Crippen LogP contribution in [0.1, 0.15) is 26.4 Å². The van der Waals surface area contributed by atoms with Crippen LogP contribution < -0.4 is 10.9 Å². The molecular weight excluding hydrogens is 491 g/mol. The topological polar surface area (TPSA) is 109 Å². The molecule has 0 saturated carbocycles. The number of benzene rings is 2. The summed E-state index contributed by atoms with van der Waals surface area (Å²) < 4.78 is 1.53. The standard InChI is InChI=1S/C24H20Cl2N6O3/c1-31(2)24(35)17-11-14(3-8-18(17)26)12-20(33)29-30-23(34)22-21(15-4-6-16(25)7-5-15)28-19-9-10-27-13-32(19)22/h3-11,13H,12H2,1-2H3,(H,29,33)(H,30,34). The quantitative estimate of drug-likeness (QED) is 0.400. The lowest BCUT2D eigenvalue weighted by Crippen LogP contribution is -2.43. The zero-order chi connectivity index (χ0) is 25.1. The second-order valence-electron chi connectivity index (χ2n) is 7.82. The largest absolute Gasteiger partial charge is 0.345 e. The molecule has 2 aromatic carbocycles. The molecule has 2 N–H and O–H groups in total. The lowest BCUT2D eigenvalue weighted by Gasteiger charge is -2.13. The number of hydrazine groups is 1. The lowest BCUT2D eigenvalue weighted by atomic mass is 10.1. The molecule has 0 aliphatic heterocycles. The van der Waals surface area contributed by atoms with E-state index in [2.05, 4.69) is 20.8 Å². The van der Waals surface area contributed by atoms with Crippen molar-refractivity contribution >= 4 is 46.6 Å². The third-order valence-corrected chi connectivity index (χ3v) is 5.69. The Kier molecular flexibility index (Phi) is 6.99. The SMILES string of the molecule is CN(C)C(=O)c1cc(CC(=O)NNC(=O)c2c(-c3ccc(Cl)cc3)nc3ccncn23)ccc1Cl. The Bertz CT molecular complexity index is 1430. The molecule has 0 unspecified atom stereocenters. The van der Waals surface area contributed by atoms with Gasteiger partial charge in [-0.05, 0) is 35.9 Å². The Balaban J connectivity index is 1.52. The molecule has 4 rings (SSSR count). The summed E-state index contributed by atoms with van der Waals surface area (Å²) in [6.07, 6.45) is 2.96. The molecule has 11 heteroatoms. The second-order valence-corrected chi connectivity index (χ2v) is 8.66. The summed E-state index contributed by atoms with van der Waals surface area (Å²) >= 11 is 12.1. The molecule has 3 amide bonds. The Labute approximate surface area is 210 Å². The van der Waals surface area contributed by atoms with Crippen LogP contribution >= 0.6 is 23.2 Å². The van der Waals surface area contributed by atoms with Crippen LogP contribution in [0.15, 0.2) is 61.1 Å². The van der Waals surface area contributed by atoms with Gasteiger partial charge in [-0.15, -0.1) is 0 Å². The number of carbonyl (C=O) groups excluding carboxylic acids is 3. The van der Waals surface area contributed by atoms with Gasteiger partial charge in [0.15, 0.2) is 0 Å². The number of nitrogens with one attached hydrogen (secondary N) is 2. The number of halogens is 2. The van der Waals surface area contributed by atoms with E-state index in [4.69, 9.17) is 23.2 Å². The molecule has 0 bridgehead atoms. The van der Waals surface area contributed by atoms with Gasteiger partial charge >= 0.3 is 0 Å². The maximum atomic E-state index is 13.1. The Hall–Kier alpha value is -3.95. The first-order chi connectivity index (χ1) is 16.7. The van der Waals surface area contributed by atoms with Crippen molar-refractivity contribution in [2.24, 2.45) is 0 Å². The minimum Gasteiger partial charge on any atom is -0.345 e. The predicted octanol–water partition coefficient (Wildman–Crippen LogP) is 3.41. The van der Waals surface area contributed by atoms with E-state index in [9.17, 15) is 14.4 Å². The van der Waals surface area contributed by atoms with E-state index in [0.717, 1.165) is 0 Å². The number of nitrogens with zero attached hydrogens (tertiary/aromatic N) is 4. The molecular formula is C24H20Cl2N6O3. The first-order valence-electron chi connectivity index (χ1n) is 10.4. The first-order valence-corrected chi connectivity index (χ1v) is 11.2. The number of fused-ring (bicyclic) bond motifs is 1. The van der Waals surface area contributed by atoms with Crippen LogP contribution in [0.25, 0.3) is 16.9 Å². The zero-order valence-electron chi connectivity index (χ0n) is 18.8. The number of rotatable bonds is 5. The van der Waals surface area contributed by atoms with Crippen LogP contribution in [0.5, 0.6) is 0 Å². The normalized spacial score (nSPS) is 10.7. The highest BCUT2D eigenvalue weighted by Crippen LogP contribution is 2.25. The van der Waals surface area contributed by atoms with Crippen molar-refractivity contribution in [3.8, 4) is 11.3 Å². The molecule has 2 heterocycles. The number of hydrogen-bond acceptors (Lipinski definition) is 5. The minimum atomic E-state index is -0.580. The Morgan fingerprint density at radius 3 is 2.46 bits per heavy atom. The van der Waals surface area contributed by atoms with Crippen molar-refractivity contribution in [2.45, 2.75) is 6.42 Å². The van der Waals surface area contributed by atoms with Gasteiger partial charge in [0, 0.05) is 30.9 Å². The zero-order valence-corrected chi connectivity index (χ0v) is 20.3. The van der Waals surface area contributed by atoms with Gasteiger partial charge in [-0.25, -0.2) is 9.97 Å². The van der Waals surface area contributed by atoms with Gasteiger partial charge in [0.25, 0.3) is 11.8 Å². The average Bonchev–Trinajstić information content (AvgIpc) is 3.23. The van der Waals surface area contributed by atoms with E-state index >= 15 is 0 Å². The van der Waals surface area contributed by atoms with Crippen LogP contribution in [0.2, 0.25) is 10.0 Å². The van der Waals surface area contributed by atoms with Crippen molar-refractivity contribution < 1.29 is 14.4 Å². The van der Waals surface area contributed by atoms with Crippen LogP contribution in [0.4, 0.5) is 0 Å². The van der Waals surface area contributed by atoms with E-state index in [-0.39, 0.29) is 28.6 Å². The molecule has 35 heavy (non-hydrogen) atoms. The fourth-order valence-corrected chi connectivity index (χ4v) is 3.75. The van der Waals surface area contributed by atoms with Gasteiger partial charge in [-0.1, -0.05) is 41.4 Å². The summed E-state index contributed by atoms with van der Waals surface area (Å²) in [5.41, 5.74) is 7.48. The molecule has 0 aliphatic rings. The van der Waals surface area contributed by atoms with E-state index in [1.54, 1.807) is 68.8 Å². The third-order valence-electron chi connectivity index (χ3n) is 5.11. The molecule has 0 aliphatic carbocycles. The number of aromatic nitrogens is 3. The Morgan fingerprint density at radius 1 is 1.00 bits per heavy atom. The third kappa shape index (κ3) is 5.26. The molecule has 0 spiro atoms. The van der Waals surface area contributed by atoms with Gasteiger partial charge in [0.2, 0.25) is 5.91 Å². The van der Waals surface area contributed by atoms with Crippen molar-refractivity contribution in [3.05, 3.63) is 87.9 Å². The number of amides is 3. The Morgan fingerprint density at radius 2 is 1.74 bits per heavy atom. The van der Waals surface area contributed by atoms with Gasteiger partial charge in [-0.3, -0.25) is 29.6 Å². The summed E-state index contributed by atoms with van der Waals surface area (Å²) in [5.74, 6) is -1.34. The van der Waals surface area contributed by atoms with Gasteiger partial charge in [0.05, 0.1) is 17.0 Å². The highest BCUT2D eigenvalue weighted by Gasteiger charge is 2.21. The van der Waals surface area contributed by atoms with Gasteiger partial charge < -0.3 is 4.90 Å². The molecule has 0 atom stereocenters. The molecule has 178 valence electrons. The smallest absolute Gasteiger partial charge is 0.289 e. The molecule has 4 aromatic rings. The summed E-state index contributed by atoms with van der Waals surface area (Å²) in [5, 5.41) is 0.840. The van der Waals surface area contributed by atoms with Gasteiger partial charge in [-0.2, -0.15) is 0 Å². The first kappa shape index (κ1) is 24.2. The van der Waals surface area contributed by atoms with Gasteiger partial charge in [0.1, 0.15) is 23.4 Å². The van der Waals surface area contributed by atoms with E-state index in [0.29, 0.717) is 27.5 Å². The van der Waals surface area contributed by atoms with Crippen LogP contribution in [-0.2, 0) is 11.2 Å². The number of imidazole rings is 1. The van der Waals surface area contributed by atoms with Crippen LogP contribution in [0, 0.1) is 0 Å². The second kappa shape index (κ2) is 10.1. The van der Waals surface area contributed by atoms with Crippen molar-refractivity contribution in [3.63, 3.8) is 0 Å². The van der Waals surface area contributed by atoms with Crippen molar-refractivity contribution in [1.29, 1.82) is 0 Å². The fraction of sp³-hybridized carbons (Fsp3) is 0.125. The fourth-order valence-electron chi connectivity index (χ4n) is 3.43. The maximum Gasteiger partial charge on any atom is 0.289 e. The highest BCUT2D eigenvalue weighted by molar-refractivity contribution is 6.33. The summed E-state index contributed by atoms with van der Waals surface area (Å²) in [6, 6.07) is 13.3. The number of hydrogen-bond donors (Lipinski definition) is 2. The predicted molar refractivity (Wildman–Crippen MR) is 132 cm³/mol. The summed E-state index contributed by atoms with van der Waals surface area (Å²) in [4.78, 5) is 47.9. The summed E-state index contributed by atoms with van der Waals surface area (Å²) in [7, 11) is 3.23. The van der Waals surface area contributed by atoms with E-state index in [1.807, 2.05) is 0 Å². The molecule has 9 nitrogen and oxygen atoms in total. The summed E-state index contributed by atoms with van der Waals surface area (Å²) in [6.45, 7) is 0.